The predicted octanol–water partition coefficient (Wildman–Crippen LogP) is 0.861. The van der Waals surface area contributed by atoms with Gasteiger partial charge in [-0.15, -0.1) is 5.10 Å². The van der Waals surface area contributed by atoms with E-state index in [4.69, 9.17) is 0 Å². The molecule has 118 valence electrons. The van der Waals surface area contributed by atoms with Crippen molar-refractivity contribution in [1.29, 1.82) is 0 Å². The number of hydrogen-bond acceptors (Lipinski definition) is 5. The summed E-state index contributed by atoms with van der Waals surface area (Å²) in [7, 11) is 0. The summed E-state index contributed by atoms with van der Waals surface area (Å²) < 4.78 is 1.61. The van der Waals surface area contributed by atoms with Crippen LogP contribution >= 0.6 is 0 Å². The van der Waals surface area contributed by atoms with Crippen molar-refractivity contribution in [3.63, 3.8) is 0 Å². The molecule has 22 heavy (non-hydrogen) atoms. The number of nitrogens with zero attached hydrogens (tertiary/aromatic N) is 4. The Bertz CT molecular complexity index is 701. The second-order valence-electron chi connectivity index (χ2n) is 6.43. The maximum absolute atomic E-state index is 12.3. The summed E-state index contributed by atoms with van der Waals surface area (Å²) >= 11 is 0. The number of fused-ring (bicyclic) bond motifs is 1. The molecule has 2 N–H and O–H groups in total. The van der Waals surface area contributed by atoms with Crippen molar-refractivity contribution in [3.05, 3.63) is 23.3 Å². The third-order valence-electron chi connectivity index (χ3n) is 4.31. The molecule has 0 bridgehead atoms. The fraction of sp³-hybridized carbons (Fsp3) is 0.600. The van der Waals surface area contributed by atoms with Gasteiger partial charge in [-0.05, 0) is 51.3 Å². The molecule has 3 rings (SSSR count). The zero-order valence-electron chi connectivity index (χ0n) is 13.3. The van der Waals surface area contributed by atoms with E-state index >= 15 is 0 Å². The van der Waals surface area contributed by atoms with E-state index in [9.17, 15) is 4.79 Å². The van der Waals surface area contributed by atoms with Crippen LogP contribution in [0.15, 0.2) is 6.07 Å². The second kappa shape index (κ2) is 5.64. The van der Waals surface area contributed by atoms with Gasteiger partial charge in [0.1, 0.15) is 0 Å². The first-order valence-electron chi connectivity index (χ1n) is 7.67. The Morgan fingerprint density at radius 2 is 2.09 bits per heavy atom. The summed E-state index contributed by atoms with van der Waals surface area (Å²) in [5, 5.41) is 10.6. The smallest absolute Gasteiger partial charge is 0.291 e. The first kappa shape index (κ1) is 14.9. The second-order valence-corrected chi connectivity index (χ2v) is 6.43. The summed E-state index contributed by atoms with van der Waals surface area (Å²) in [6.45, 7) is 8.69. The zero-order valence-corrected chi connectivity index (χ0v) is 13.3. The van der Waals surface area contributed by atoms with E-state index in [1.807, 2.05) is 19.9 Å². The number of aromatic nitrogens is 4. The molecular formula is C15H22N6O. The molecule has 0 spiro atoms. The van der Waals surface area contributed by atoms with Crippen molar-refractivity contribution >= 4 is 11.7 Å². The minimum absolute atomic E-state index is 0.144. The van der Waals surface area contributed by atoms with Crippen LogP contribution < -0.4 is 10.6 Å². The van der Waals surface area contributed by atoms with E-state index in [1.54, 1.807) is 4.52 Å². The van der Waals surface area contributed by atoms with Crippen LogP contribution in [0.4, 0.5) is 0 Å². The average molecular weight is 302 g/mol. The summed E-state index contributed by atoms with van der Waals surface area (Å²) in [5.41, 5.74) is 1.93. The van der Waals surface area contributed by atoms with Crippen LogP contribution in [0, 0.1) is 19.3 Å². The molecule has 0 aromatic carbocycles. The molecule has 0 unspecified atom stereocenters. The molecule has 1 aliphatic heterocycles. The third-order valence-corrected chi connectivity index (χ3v) is 4.31. The number of aryl methyl sites for hydroxylation is 2. The van der Waals surface area contributed by atoms with Gasteiger partial charge >= 0.3 is 0 Å². The highest BCUT2D eigenvalue weighted by Gasteiger charge is 2.27. The van der Waals surface area contributed by atoms with Crippen LogP contribution in [0.3, 0.4) is 0 Å². The largest absolute Gasteiger partial charge is 0.349 e. The van der Waals surface area contributed by atoms with Crippen molar-refractivity contribution in [1.82, 2.24) is 30.2 Å². The number of amides is 1. The van der Waals surface area contributed by atoms with Crippen LogP contribution in [0.5, 0.6) is 0 Å². The molecule has 1 saturated heterocycles. The highest BCUT2D eigenvalue weighted by Crippen LogP contribution is 2.26. The van der Waals surface area contributed by atoms with E-state index < -0.39 is 0 Å². The maximum Gasteiger partial charge on any atom is 0.291 e. The minimum atomic E-state index is -0.234. The van der Waals surface area contributed by atoms with Gasteiger partial charge in [-0.1, -0.05) is 6.92 Å². The van der Waals surface area contributed by atoms with Gasteiger partial charge in [0.2, 0.25) is 5.82 Å². The standard InChI is InChI=1S/C15H22N6O/c1-10-8-11(2)21-14(18-10)19-12(20-21)13(22)17-9-15(3)4-6-16-7-5-15/h8,16H,4-7,9H2,1-3H3,(H,17,22). The molecule has 0 saturated carbocycles. The molecule has 0 radical (unpaired) electrons. The molecule has 1 aliphatic rings. The normalized spacial score (nSPS) is 17.6. The summed E-state index contributed by atoms with van der Waals surface area (Å²) in [5.74, 6) is 0.414. The van der Waals surface area contributed by atoms with E-state index in [2.05, 4.69) is 32.6 Å². The van der Waals surface area contributed by atoms with Crippen molar-refractivity contribution in [2.24, 2.45) is 5.41 Å². The first-order valence-corrected chi connectivity index (χ1v) is 7.67. The summed E-state index contributed by atoms with van der Waals surface area (Å²) in [6.07, 6.45) is 2.12. The van der Waals surface area contributed by atoms with Crippen molar-refractivity contribution in [2.45, 2.75) is 33.6 Å². The van der Waals surface area contributed by atoms with Gasteiger partial charge in [0, 0.05) is 17.9 Å². The highest BCUT2D eigenvalue weighted by atomic mass is 16.2. The lowest BCUT2D eigenvalue weighted by molar-refractivity contribution is 0.0912. The Morgan fingerprint density at radius 3 is 2.82 bits per heavy atom. The van der Waals surface area contributed by atoms with E-state index in [0.717, 1.165) is 37.3 Å². The molecule has 2 aromatic rings. The Hall–Kier alpha value is -2.02. The summed E-state index contributed by atoms with van der Waals surface area (Å²) in [6, 6.07) is 1.92. The Labute approximate surface area is 129 Å². The lowest BCUT2D eigenvalue weighted by Crippen LogP contribution is -2.43. The maximum atomic E-state index is 12.3. The molecule has 3 heterocycles. The Balaban J connectivity index is 1.73. The molecule has 1 amide bonds. The number of rotatable bonds is 3. The average Bonchev–Trinajstić information content (AvgIpc) is 2.90. The van der Waals surface area contributed by atoms with Gasteiger partial charge in [-0.2, -0.15) is 4.98 Å². The SMILES string of the molecule is Cc1cc(C)n2nc(C(=O)NCC3(C)CCNCC3)nc2n1. The molecule has 0 atom stereocenters. The van der Waals surface area contributed by atoms with Crippen LogP contribution in [-0.4, -0.2) is 45.1 Å². The van der Waals surface area contributed by atoms with Crippen LogP contribution in [-0.2, 0) is 0 Å². The van der Waals surface area contributed by atoms with Crippen molar-refractivity contribution in [2.75, 3.05) is 19.6 Å². The Morgan fingerprint density at radius 1 is 1.36 bits per heavy atom. The van der Waals surface area contributed by atoms with Crippen LogP contribution in [0.25, 0.3) is 5.78 Å². The lowest BCUT2D eigenvalue weighted by Gasteiger charge is -2.33. The van der Waals surface area contributed by atoms with E-state index in [-0.39, 0.29) is 17.1 Å². The van der Waals surface area contributed by atoms with E-state index in [0.29, 0.717) is 12.3 Å². The fourth-order valence-electron chi connectivity index (χ4n) is 2.84. The van der Waals surface area contributed by atoms with Crippen molar-refractivity contribution < 1.29 is 4.79 Å². The lowest BCUT2D eigenvalue weighted by atomic mass is 9.81. The van der Waals surface area contributed by atoms with Crippen LogP contribution in [0.2, 0.25) is 0 Å². The Kier molecular flexibility index (Phi) is 3.82. The predicted molar refractivity (Wildman–Crippen MR) is 82.8 cm³/mol. The van der Waals surface area contributed by atoms with Crippen LogP contribution in [0.1, 0.15) is 41.8 Å². The number of piperidine rings is 1. The minimum Gasteiger partial charge on any atom is -0.349 e. The molecule has 0 aliphatic carbocycles. The van der Waals surface area contributed by atoms with Gasteiger partial charge in [-0.3, -0.25) is 4.79 Å². The van der Waals surface area contributed by atoms with Crippen molar-refractivity contribution in [3.8, 4) is 0 Å². The number of carbonyl (C=O) groups is 1. The molecular weight excluding hydrogens is 280 g/mol. The van der Waals surface area contributed by atoms with Gasteiger partial charge in [0.05, 0.1) is 0 Å². The topological polar surface area (TPSA) is 84.2 Å². The summed E-state index contributed by atoms with van der Waals surface area (Å²) in [4.78, 5) is 20.8. The van der Waals surface area contributed by atoms with E-state index in [1.165, 1.54) is 0 Å². The molecule has 2 aromatic heterocycles. The van der Waals surface area contributed by atoms with Gasteiger partial charge in [-0.25, -0.2) is 9.50 Å². The highest BCUT2D eigenvalue weighted by molar-refractivity contribution is 5.90. The molecule has 7 nitrogen and oxygen atoms in total. The number of carbonyl (C=O) groups excluding carboxylic acids is 1. The number of hydrogen-bond donors (Lipinski definition) is 2. The quantitative estimate of drug-likeness (QED) is 0.878. The molecule has 1 fully saturated rings. The third kappa shape index (κ3) is 2.94. The number of nitrogens with one attached hydrogen (secondary N) is 2. The fourth-order valence-corrected chi connectivity index (χ4v) is 2.84. The monoisotopic (exact) mass is 302 g/mol. The first-order chi connectivity index (χ1) is 10.5. The zero-order chi connectivity index (χ0) is 15.7. The van der Waals surface area contributed by atoms with Gasteiger partial charge in [0.25, 0.3) is 11.7 Å². The van der Waals surface area contributed by atoms with Gasteiger partial charge in [0.15, 0.2) is 0 Å². The molecule has 7 heteroatoms. The van der Waals surface area contributed by atoms with Gasteiger partial charge < -0.3 is 10.6 Å².